The number of nitrogens with one attached hydrogen (secondary N) is 1. The average Bonchev–Trinajstić information content (AvgIpc) is 2.62. The topological polar surface area (TPSA) is 24.9 Å². The van der Waals surface area contributed by atoms with E-state index in [0.29, 0.717) is 6.04 Å². The maximum absolute atomic E-state index is 4.39. The van der Waals surface area contributed by atoms with E-state index in [2.05, 4.69) is 29.3 Å². The minimum absolute atomic E-state index is 0.409. The van der Waals surface area contributed by atoms with Crippen molar-refractivity contribution in [1.82, 2.24) is 4.37 Å². The van der Waals surface area contributed by atoms with Gasteiger partial charge in [-0.05, 0) is 37.0 Å². The van der Waals surface area contributed by atoms with Crippen LogP contribution in [-0.4, -0.2) is 10.4 Å². The van der Waals surface area contributed by atoms with E-state index < -0.39 is 0 Å². The van der Waals surface area contributed by atoms with Gasteiger partial charge in [-0.1, -0.05) is 18.2 Å². The summed E-state index contributed by atoms with van der Waals surface area (Å²) < 4.78 is 4.39. The van der Waals surface area contributed by atoms with Crippen molar-refractivity contribution < 1.29 is 0 Å². The van der Waals surface area contributed by atoms with Gasteiger partial charge in [0.25, 0.3) is 0 Å². The molecule has 0 aliphatic heterocycles. The van der Waals surface area contributed by atoms with Gasteiger partial charge in [0.2, 0.25) is 0 Å². The van der Waals surface area contributed by atoms with Crippen LogP contribution in [0.25, 0.3) is 10.9 Å². The van der Waals surface area contributed by atoms with Crippen molar-refractivity contribution >= 4 is 27.4 Å². The Morgan fingerprint density at radius 3 is 3.13 bits per heavy atom. The molecule has 0 bridgehead atoms. The number of rotatable bonds is 4. The van der Waals surface area contributed by atoms with Crippen molar-refractivity contribution in [3.8, 4) is 0 Å². The molecule has 3 heteroatoms. The summed E-state index contributed by atoms with van der Waals surface area (Å²) >= 11 is 1.52. The van der Waals surface area contributed by atoms with E-state index in [0.717, 1.165) is 16.9 Å². The predicted octanol–water partition coefficient (Wildman–Crippen LogP) is 3.67. The van der Waals surface area contributed by atoms with Gasteiger partial charge < -0.3 is 5.32 Å². The van der Waals surface area contributed by atoms with Crippen LogP contribution in [0.5, 0.6) is 0 Å². The van der Waals surface area contributed by atoms with Crippen LogP contribution in [0, 0.1) is 0 Å². The van der Waals surface area contributed by atoms with Gasteiger partial charge in [0.05, 0.1) is 5.52 Å². The molecule has 0 spiro atoms. The number of benzene rings is 1. The Morgan fingerprint density at radius 1 is 1.53 bits per heavy atom. The van der Waals surface area contributed by atoms with E-state index in [-0.39, 0.29) is 0 Å². The van der Waals surface area contributed by atoms with Crippen molar-refractivity contribution in [2.45, 2.75) is 19.4 Å². The van der Waals surface area contributed by atoms with E-state index in [4.69, 9.17) is 0 Å². The number of fused-ring (bicyclic) bond motifs is 1. The van der Waals surface area contributed by atoms with Gasteiger partial charge in [-0.3, -0.25) is 0 Å². The molecule has 1 N–H and O–H groups in total. The largest absolute Gasteiger partial charge is 0.372 e. The predicted molar refractivity (Wildman–Crippen MR) is 67.5 cm³/mol. The normalized spacial score (nSPS) is 12.6. The Morgan fingerprint density at radius 2 is 2.33 bits per heavy atom. The van der Waals surface area contributed by atoms with Crippen LogP contribution in [-0.2, 0) is 0 Å². The molecule has 1 aromatic carbocycles. The fourth-order valence-electron chi connectivity index (χ4n) is 1.53. The number of anilines is 1. The second-order valence-electron chi connectivity index (χ2n) is 3.60. The van der Waals surface area contributed by atoms with Gasteiger partial charge in [0.15, 0.2) is 0 Å². The third-order valence-corrected chi connectivity index (χ3v) is 3.09. The molecule has 78 valence electrons. The van der Waals surface area contributed by atoms with Crippen LogP contribution < -0.4 is 5.32 Å². The van der Waals surface area contributed by atoms with E-state index in [1.54, 1.807) is 0 Å². The van der Waals surface area contributed by atoms with Crippen LogP contribution in [0.2, 0.25) is 0 Å². The fourth-order valence-corrected chi connectivity index (χ4v) is 2.40. The molecule has 1 unspecified atom stereocenters. The van der Waals surface area contributed by atoms with Crippen LogP contribution in [0.1, 0.15) is 13.3 Å². The Balaban J connectivity index is 2.24. The molecular formula is C12H14N2S. The van der Waals surface area contributed by atoms with Crippen LogP contribution in [0.3, 0.4) is 0 Å². The average molecular weight is 218 g/mol. The highest BCUT2D eigenvalue weighted by atomic mass is 32.1. The van der Waals surface area contributed by atoms with Gasteiger partial charge in [-0.15, -0.1) is 6.58 Å². The Kier molecular flexibility index (Phi) is 3.02. The molecule has 2 rings (SSSR count). The summed E-state index contributed by atoms with van der Waals surface area (Å²) in [5, 5.41) is 5.81. The maximum atomic E-state index is 4.39. The van der Waals surface area contributed by atoms with E-state index in [1.165, 1.54) is 16.9 Å². The summed E-state index contributed by atoms with van der Waals surface area (Å²) in [4.78, 5) is 0. The number of nitrogens with zero attached hydrogens (tertiary/aromatic N) is 1. The molecule has 15 heavy (non-hydrogen) atoms. The molecule has 1 heterocycles. The quantitative estimate of drug-likeness (QED) is 0.792. The second-order valence-corrected chi connectivity index (χ2v) is 4.37. The standard InChI is InChI=1S/C12H14N2S/c1-3-6-9(2)13-12-10-7-4-5-8-11(10)14-15-12/h3-5,7-9,13H,1,6H2,2H3. The Bertz CT molecular complexity index is 461. The summed E-state index contributed by atoms with van der Waals surface area (Å²) in [6.45, 7) is 5.89. The van der Waals surface area contributed by atoms with Crippen molar-refractivity contribution in [3.63, 3.8) is 0 Å². The van der Waals surface area contributed by atoms with Crippen LogP contribution >= 0.6 is 11.5 Å². The summed E-state index contributed by atoms with van der Waals surface area (Å²) in [5.74, 6) is 0. The monoisotopic (exact) mass is 218 g/mol. The maximum Gasteiger partial charge on any atom is 0.117 e. The first kappa shape index (κ1) is 10.2. The molecule has 2 aromatic rings. The second kappa shape index (κ2) is 4.45. The van der Waals surface area contributed by atoms with Gasteiger partial charge in [-0.2, -0.15) is 4.37 Å². The molecule has 0 saturated heterocycles. The first-order valence-corrected chi connectivity index (χ1v) is 5.80. The lowest BCUT2D eigenvalue weighted by Gasteiger charge is -2.10. The van der Waals surface area contributed by atoms with E-state index in [1.807, 2.05) is 24.3 Å². The molecule has 0 radical (unpaired) electrons. The number of aromatic nitrogens is 1. The van der Waals surface area contributed by atoms with Gasteiger partial charge >= 0.3 is 0 Å². The molecular weight excluding hydrogens is 204 g/mol. The third kappa shape index (κ3) is 2.18. The molecule has 1 aromatic heterocycles. The van der Waals surface area contributed by atoms with Crippen molar-refractivity contribution in [2.75, 3.05) is 5.32 Å². The van der Waals surface area contributed by atoms with Gasteiger partial charge in [-0.25, -0.2) is 0 Å². The first-order chi connectivity index (χ1) is 7.31. The Labute approximate surface area is 93.8 Å². The van der Waals surface area contributed by atoms with Gasteiger partial charge in [0.1, 0.15) is 5.00 Å². The lowest BCUT2D eigenvalue weighted by atomic mass is 10.2. The lowest BCUT2D eigenvalue weighted by Crippen LogP contribution is -2.12. The van der Waals surface area contributed by atoms with Gasteiger partial charge in [0, 0.05) is 11.4 Å². The van der Waals surface area contributed by atoms with E-state index >= 15 is 0 Å². The van der Waals surface area contributed by atoms with Crippen molar-refractivity contribution in [3.05, 3.63) is 36.9 Å². The smallest absolute Gasteiger partial charge is 0.117 e. The molecule has 0 aliphatic carbocycles. The van der Waals surface area contributed by atoms with Crippen molar-refractivity contribution in [2.24, 2.45) is 0 Å². The minimum Gasteiger partial charge on any atom is -0.372 e. The highest BCUT2D eigenvalue weighted by Crippen LogP contribution is 2.27. The highest BCUT2D eigenvalue weighted by molar-refractivity contribution is 7.11. The fraction of sp³-hybridized carbons (Fsp3) is 0.250. The highest BCUT2D eigenvalue weighted by Gasteiger charge is 2.06. The minimum atomic E-state index is 0.409. The third-order valence-electron chi connectivity index (χ3n) is 2.28. The van der Waals surface area contributed by atoms with E-state index in [9.17, 15) is 0 Å². The SMILES string of the molecule is C=CCC(C)Nc1snc2ccccc12. The molecule has 1 atom stereocenters. The van der Waals surface area contributed by atoms with Crippen LogP contribution in [0.4, 0.5) is 5.00 Å². The summed E-state index contributed by atoms with van der Waals surface area (Å²) in [7, 11) is 0. The van der Waals surface area contributed by atoms with Crippen molar-refractivity contribution in [1.29, 1.82) is 0 Å². The zero-order valence-corrected chi connectivity index (χ0v) is 9.55. The molecule has 0 saturated carbocycles. The Hall–Kier alpha value is -1.35. The van der Waals surface area contributed by atoms with Crippen LogP contribution in [0.15, 0.2) is 36.9 Å². The molecule has 0 aliphatic rings. The molecule has 0 amide bonds. The lowest BCUT2D eigenvalue weighted by molar-refractivity contribution is 0.818. The summed E-state index contributed by atoms with van der Waals surface area (Å²) in [6.07, 6.45) is 2.90. The number of hydrogen-bond donors (Lipinski definition) is 1. The first-order valence-electron chi connectivity index (χ1n) is 5.03. The summed E-state index contributed by atoms with van der Waals surface area (Å²) in [6, 6.07) is 8.60. The molecule has 2 nitrogen and oxygen atoms in total. The zero-order chi connectivity index (χ0) is 10.7. The number of hydrogen-bond acceptors (Lipinski definition) is 3. The summed E-state index contributed by atoms with van der Waals surface area (Å²) in [5.41, 5.74) is 1.07. The zero-order valence-electron chi connectivity index (χ0n) is 8.73. The molecule has 0 fully saturated rings.